The molecule has 2 aromatic rings. The number of carbonyl (C=O) groups is 1. The van der Waals surface area contributed by atoms with Gasteiger partial charge in [-0.25, -0.2) is 4.79 Å². The average molecular weight is 391 g/mol. The van der Waals surface area contributed by atoms with Crippen molar-refractivity contribution in [2.75, 3.05) is 6.61 Å². The lowest BCUT2D eigenvalue weighted by atomic mass is 9.99. The fourth-order valence-corrected chi connectivity index (χ4v) is 2.72. The highest BCUT2D eigenvalue weighted by atomic mass is 79.9. The van der Waals surface area contributed by atoms with Gasteiger partial charge in [-0.2, -0.15) is 0 Å². The summed E-state index contributed by atoms with van der Waals surface area (Å²) >= 11 is 3.43. The van der Waals surface area contributed by atoms with Crippen molar-refractivity contribution in [2.45, 2.75) is 39.5 Å². The number of benzene rings is 2. The van der Waals surface area contributed by atoms with Crippen molar-refractivity contribution in [3.8, 4) is 11.5 Å². The summed E-state index contributed by atoms with van der Waals surface area (Å²) in [5.41, 5.74) is 1.73. The standard InChI is InChI=1S/C20H23BrO3/c1-4-12-23-19-11-8-16(13-18(19)21)20(22)24-17-9-6-15(7-10-17)14(3)5-2/h6-11,13-14H,4-5,12H2,1-3H3. The first kappa shape index (κ1) is 18.5. The van der Waals surface area contributed by atoms with Crippen LogP contribution in [0.1, 0.15) is 55.5 Å². The van der Waals surface area contributed by atoms with E-state index >= 15 is 0 Å². The molecule has 2 rings (SSSR count). The van der Waals surface area contributed by atoms with Crippen LogP contribution in [-0.4, -0.2) is 12.6 Å². The van der Waals surface area contributed by atoms with Crippen LogP contribution in [0.5, 0.6) is 11.5 Å². The van der Waals surface area contributed by atoms with E-state index in [4.69, 9.17) is 9.47 Å². The maximum absolute atomic E-state index is 12.3. The summed E-state index contributed by atoms with van der Waals surface area (Å²) in [6.07, 6.45) is 2.02. The molecule has 2 aromatic carbocycles. The van der Waals surface area contributed by atoms with Crippen molar-refractivity contribution in [1.29, 1.82) is 0 Å². The van der Waals surface area contributed by atoms with E-state index in [1.54, 1.807) is 18.2 Å². The normalized spacial score (nSPS) is 11.8. The number of hydrogen-bond acceptors (Lipinski definition) is 3. The summed E-state index contributed by atoms with van der Waals surface area (Å²) in [5, 5.41) is 0. The van der Waals surface area contributed by atoms with Crippen molar-refractivity contribution >= 4 is 21.9 Å². The van der Waals surface area contributed by atoms with E-state index in [9.17, 15) is 4.79 Å². The van der Waals surface area contributed by atoms with Crippen molar-refractivity contribution in [3.05, 3.63) is 58.1 Å². The van der Waals surface area contributed by atoms with Crippen molar-refractivity contribution in [3.63, 3.8) is 0 Å². The molecule has 0 aliphatic carbocycles. The molecule has 1 atom stereocenters. The minimum Gasteiger partial charge on any atom is -0.492 e. The molecule has 0 radical (unpaired) electrons. The van der Waals surface area contributed by atoms with E-state index in [-0.39, 0.29) is 5.97 Å². The maximum atomic E-state index is 12.3. The Kier molecular flexibility index (Phi) is 6.85. The number of carbonyl (C=O) groups excluding carboxylic acids is 1. The number of rotatable bonds is 7. The molecule has 0 spiro atoms. The summed E-state index contributed by atoms with van der Waals surface area (Å²) in [4.78, 5) is 12.3. The number of ether oxygens (including phenoxy) is 2. The van der Waals surface area contributed by atoms with Gasteiger partial charge in [-0.1, -0.05) is 32.9 Å². The maximum Gasteiger partial charge on any atom is 0.343 e. The van der Waals surface area contributed by atoms with Crippen LogP contribution in [0.25, 0.3) is 0 Å². The molecule has 0 saturated carbocycles. The predicted octanol–water partition coefficient (Wildman–Crippen LogP) is 5.97. The zero-order valence-electron chi connectivity index (χ0n) is 14.3. The third-order valence-electron chi connectivity index (χ3n) is 3.90. The highest BCUT2D eigenvalue weighted by Gasteiger charge is 2.12. The molecule has 1 unspecified atom stereocenters. The zero-order valence-corrected chi connectivity index (χ0v) is 15.9. The van der Waals surface area contributed by atoms with Crippen LogP contribution in [0, 0.1) is 0 Å². The Morgan fingerprint density at radius 1 is 1.12 bits per heavy atom. The number of halogens is 1. The molecular formula is C20H23BrO3. The average Bonchev–Trinajstić information content (AvgIpc) is 2.60. The van der Waals surface area contributed by atoms with Crippen LogP contribution in [0.15, 0.2) is 46.9 Å². The minimum atomic E-state index is -0.381. The minimum absolute atomic E-state index is 0.381. The van der Waals surface area contributed by atoms with Crippen molar-refractivity contribution < 1.29 is 14.3 Å². The van der Waals surface area contributed by atoms with Gasteiger partial charge in [0.05, 0.1) is 16.6 Å². The number of hydrogen-bond donors (Lipinski definition) is 0. The molecule has 0 aromatic heterocycles. The van der Waals surface area contributed by atoms with Crippen LogP contribution >= 0.6 is 15.9 Å². The fraction of sp³-hybridized carbons (Fsp3) is 0.350. The van der Waals surface area contributed by atoms with Gasteiger partial charge >= 0.3 is 5.97 Å². The third-order valence-corrected chi connectivity index (χ3v) is 4.52. The highest BCUT2D eigenvalue weighted by Crippen LogP contribution is 2.27. The second kappa shape index (κ2) is 8.88. The molecule has 0 aliphatic rings. The fourth-order valence-electron chi connectivity index (χ4n) is 2.22. The Hall–Kier alpha value is -1.81. The van der Waals surface area contributed by atoms with Crippen LogP contribution in [-0.2, 0) is 0 Å². The monoisotopic (exact) mass is 390 g/mol. The van der Waals surface area contributed by atoms with Gasteiger partial charge < -0.3 is 9.47 Å². The van der Waals surface area contributed by atoms with Gasteiger partial charge in [0, 0.05) is 0 Å². The van der Waals surface area contributed by atoms with Crippen LogP contribution in [0.2, 0.25) is 0 Å². The molecule has 0 saturated heterocycles. The van der Waals surface area contributed by atoms with Gasteiger partial charge in [-0.15, -0.1) is 0 Å². The predicted molar refractivity (Wildman–Crippen MR) is 100 cm³/mol. The topological polar surface area (TPSA) is 35.5 Å². The number of esters is 1. The Morgan fingerprint density at radius 3 is 2.42 bits per heavy atom. The van der Waals surface area contributed by atoms with Crippen LogP contribution < -0.4 is 9.47 Å². The van der Waals surface area contributed by atoms with Gasteiger partial charge in [0.15, 0.2) is 0 Å². The molecule has 4 heteroatoms. The molecule has 0 bridgehead atoms. The van der Waals surface area contributed by atoms with Crippen molar-refractivity contribution in [1.82, 2.24) is 0 Å². The van der Waals surface area contributed by atoms with E-state index in [0.29, 0.717) is 23.8 Å². The molecule has 0 N–H and O–H groups in total. The molecule has 0 fully saturated rings. The molecule has 128 valence electrons. The Labute approximate surface area is 152 Å². The van der Waals surface area contributed by atoms with Gasteiger partial charge in [-0.05, 0) is 70.6 Å². The van der Waals surface area contributed by atoms with Gasteiger partial charge in [0.25, 0.3) is 0 Å². The Bertz CT molecular complexity index is 680. The summed E-state index contributed by atoms with van der Waals surface area (Å²) in [5.74, 6) is 1.40. The first-order valence-electron chi connectivity index (χ1n) is 8.29. The zero-order chi connectivity index (χ0) is 17.5. The van der Waals surface area contributed by atoms with E-state index in [2.05, 4.69) is 29.8 Å². The van der Waals surface area contributed by atoms with E-state index < -0.39 is 0 Å². The Morgan fingerprint density at radius 2 is 1.83 bits per heavy atom. The lowest BCUT2D eigenvalue weighted by molar-refractivity contribution is 0.0734. The van der Waals surface area contributed by atoms with Gasteiger partial charge in [0.1, 0.15) is 11.5 Å². The second-order valence-corrected chi connectivity index (χ2v) is 6.62. The summed E-state index contributed by atoms with van der Waals surface area (Å²) in [6, 6.07) is 12.9. The molecule has 0 heterocycles. The molecule has 0 aliphatic heterocycles. The quantitative estimate of drug-likeness (QED) is 0.431. The third kappa shape index (κ3) is 4.84. The summed E-state index contributed by atoms with van der Waals surface area (Å²) < 4.78 is 11.8. The largest absolute Gasteiger partial charge is 0.492 e. The first-order valence-corrected chi connectivity index (χ1v) is 9.09. The van der Waals surface area contributed by atoms with E-state index in [1.807, 2.05) is 31.2 Å². The van der Waals surface area contributed by atoms with E-state index in [0.717, 1.165) is 23.1 Å². The molecule has 3 nitrogen and oxygen atoms in total. The van der Waals surface area contributed by atoms with Gasteiger partial charge in [-0.3, -0.25) is 0 Å². The van der Waals surface area contributed by atoms with E-state index in [1.165, 1.54) is 5.56 Å². The first-order chi connectivity index (χ1) is 11.5. The van der Waals surface area contributed by atoms with Crippen molar-refractivity contribution in [2.24, 2.45) is 0 Å². The second-order valence-electron chi connectivity index (χ2n) is 5.76. The highest BCUT2D eigenvalue weighted by molar-refractivity contribution is 9.10. The Balaban J connectivity index is 2.05. The smallest absolute Gasteiger partial charge is 0.343 e. The summed E-state index contributed by atoms with van der Waals surface area (Å²) in [7, 11) is 0. The van der Waals surface area contributed by atoms with Gasteiger partial charge in [0.2, 0.25) is 0 Å². The molecule has 0 amide bonds. The lowest BCUT2D eigenvalue weighted by Gasteiger charge is -2.11. The molecular weight excluding hydrogens is 368 g/mol. The summed E-state index contributed by atoms with van der Waals surface area (Å²) in [6.45, 7) is 7.03. The molecule has 24 heavy (non-hydrogen) atoms. The lowest BCUT2D eigenvalue weighted by Crippen LogP contribution is -2.09. The SMILES string of the molecule is CCCOc1ccc(C(=O)Oc2ccc(C(C)CC)cc2)cc1Br. The van der Waals surface area contributed by atoms with Crippen LogP contribution in [0.3, 0.4) is 0 Å². The van der Waals surface area contributed by atoms with Crippen LogP contribution in [0.4, 0.5) is 0 Å².